The summed E-state index contributed by atoms with van der Waals surface area (Å²) in [6.45, 7) is 2.96. The van der Waals surface area contributed by atoms with Crippen molar-refractivity contribution in [1.82, 2.24) is 14.1 Å². The van der Waals surface area contributed by atoms with Crippen molar-refractivity contribution in [2.45, 2.75) is 62.4 Å². The van der Waals surface area contributed by atoms with Gasteiger partial charge >= 0.3 is 0 Å². The zero-order valence-electron chi connectivity index (χ0n) is 21.1. The molecule has 1 saturated heterocycles. The van der Waals surface area contributed by atoms with Crippen LogP contribution in [0.4, 0.5) is 20.3 Å². The molecule has 0 bridgehead atoms. The van der Waals surface area contributed by atoms with E-state index < -0.39 is 34.4 Å². The number of anilines is 2. The summed E-state index contributed by atoms with van der Waals surface area (Å²) in [4.78, 5) is 13.3. The highest BCUT2D eigenvalue weighted by molar-refractivity contribution is 7.89. The highest BCUT2D eigenvalue weighted by Crippen LogP contribution is 2.39. The van der Waals surface area contributed by atoms with Gasteiger partial charge in [0.25, 0.3) is 12.3 Å². The van der Waals surface area contributed by atoms with Gasteiger partial charge in [-0.3, -0.25) is 4.79 Å². The van der Waals surface area contributed by atoms with Gasteiger partial charge in [-0.15, -0.1) is 0 Å². The largest absolute Gasteiger partial charge is 0.363 e. The Labute approximate surface area is 221 Å². The number of carbonyl (C=O) groups excluding carboxylic acids is 1. The smallest absolute Gasteiger partial charge is 0.261 e. The number of aromatic nitrogens is 2. The number of sulfonamides is 1. The number of hydrogen-bond donors (Lipinski definition) is 2. The van der Waals surface area contributed by atoms with Crippen molar-refractivity contribution < 1.29 is 22.0 Å². The predicted octanol–water partition coefficient (Wildman–Crippen LogP) is 5.37. The fourth-order valence-electron chi connectivity index (χ4n) is 5.06. The fraction of sp³-hybridized carbons (Fsp3) is 0.407. The molecule has 1 amide bonds. The van der Waals surface area contributed by atoms with Gasteiger partial charge in [0, 0.05) is 18.8 Å². The minimum atomic E-state index is -3.61. The van der Waals surface area contributed by atoms with Crippen LogP contribution in [0.5, 0.6) is 0 Å². The Balaban J connectivity index is 1.35. The highest BCUT2D eigenvalue weighted by atomic mass is 32.2. The van der Waals surface area contributed by atoms with Gasteiger partial charge < -0.3 is 10.6 Å². The van der Waals surface area contributed by atoms with E-state index in [0.717, 1.165) is 36.8 Å². The van der Waals surface area contributed by atoms with E-state index in [2.05, 4.69) is 15.7 Å². The summed E-state index contributed by atoms with van der Waals surface area (Å²) in [6, 6.07) is 12.0. The molecule has 0 saturated carbocycles. The van der Waals surface area contributed by atoms with Crippen LogP contribution in [0.1, 0.15) is 65.7 Å². The zero-order chi connectivity index (χ0) is 26.9. The third-order valence-electron chi connectivity index (χ3n) is 7.23. The lowest BCUT2D eigenvalue weighted by atomic mass is 9.96. The van der Waals surface area contributed by atoms with Crippen molar-refractivity contribution in [2.75, 3.05) is 23.7 Å². The molecular formula is C27H31F2N5O3S. The van der Waals surface area contributed by atoms with Crippen LogP contribution < -0.4 is 10.6 Å². The van der Waals surface area contributed by atoms with Crippen LogP contribution in [0.3, 0.4) is 0 Å². The predicted molar refractivity (Wildman–Crippen MR) is 141 cm³/mol. The van der Waals surface area contributed by atoms with E-state index in [1.165, 1.54) is 39.4 Å². The van der Waals surface area contributed by atoms with E-state index >= 15 is 0 Å². The lowest BCUT2D eigenvalue weighted by Gasteiger charge is -2.32. The molecule has 2 aromatic carbocycles. The second kappa shape index (κ2) is 10.8. The maximum Gasteiger partial charge on any atom is 0.261 e. The van der Waals surface area contributed by atoms with Crippen molar-refractivity contribution in [3.05, 3.63) is 71.4 Å². The first-order chi connectivity index (χ1) is 18.2. The SMILES string of the molecule is Cc1ccc([C@H]2C[C@H](C(F)F)n3ncc(C(=O)Nc4ccc(S(=O)(=O)N5CCCCCC5)cc4)c3N2)cc1. The molecule has 3 heterocycles. The Morgan fingerprint density at radius 1 is 1.03 bits per heavy atom. The number of benzene rings is 2. The Hall–Kier alpha value is -3.31. The average molecular weight is 544 g/mol. The summed E-state index contributed by atoms with van der Waals surface area (Å²) < 4.78 is 56.7. The first kappa shape index (κ1) is 26.3. The molecule has 2 aliphatic heterocycles. The summed E-state index contributed by atoms with van der Waals surface area (Å²) >= 11 is 0. The molecule has 3 aromatic rings. The van der Waals surface area contributed by atoms with Gasteiger partial charge in [0.05, 0.1) is 17.1 Å². The van der Waals surface area contributed by atoms with Crippen molar-refractivity contribution in [3.63, 3.8) is 0 Å². The molecular weight excluding hydrogens is 512 g/mol. The average Bonchev–Trinajstić information content (AvgIpc) is 3.13. The summed E-state index contributed by atoms with van der Waals surface area (Å²) in [5.41, 5.74) is 2.43. The van der Waals surface area contributed by atoms with E-state index in [1.54, 1.807) is 0 Å². The molecule has 8 nitrogen and oxygen atoms in total. The van der Waals surface area contributed by atoms with Crippen LogP contribution in [0, 0.1) is 6.92 Å². The lowest BCUT2D eigenvalue weighted by Crippen LogP contribution is -2.32. The number of halogens is 2. The fourth-order valence-corrected chi connectivity index (χ4v) is 6.57. The monoisotopic (exact) mass is 543 g/mol. The van der Waals surface area contributed by atoms with Gasteiger partial charge in [0.1, 0.15) is 17.4 Å². The number of aryl methyl sites for hydroxylation is 1. The van der Waals surface area contributed by atoms with Crippen molar-refractivity contribution in [3.8, 4) is 0 Å². The molecule has 0 spiro atoms. The van der Waals surface area contributed by atoms with Crippen molar-refractivity contribution in [1.29, 1.82) is 0 Å². The second-order valence-electron chi connectivity index (χ2n) is 9.89. The van der Waals surface area contributed by atoms with Gasteiger partial charge in [-0.2, -0.15) is 9.40 Å². The normalized spacial score (nSPS) is 20.4. The van der Waals surface area contributed by atoms with Gasteiger partial charge in [-0.25, -0.2) is 21.9 Å². The van der Waals surface area contributed by atoms with Crippen LogP contribution in [-0.2, 0) is 10.0 Å². The number of amides is 1. The molecule has 1 fully saturated rings. The van der Waals surface area contributed by atoms with Crippen LogP contribution >= 0.6 is 0 Å². The van der Waals surface area contributed by atoms with Crippen LogP contribution in [0.15, 0.2) is 59.6 Å². The standard InChI is InChI=1S/C27H31F2N5O3S/c1-18-6-8-19(9-7-18)23-16-24(25(28)29)34-26(32-23)22(17-30-34)27(35)31-20-10-12-21(13-11-20)38(36,37)33-14-4-2-3-5-15-33/h6-13,17,23-25,32H,2-5,14-16H2,1H3,(H,31,35)/t23-,24-/m1/s1. The molecule has 38 heavy (non-hydrogen) atoms. The minimum Gasteiger partial charge on any atom is -0.363 e. The molecule has 2 aliphatic rings. The molecule has 0 radical (unpaired) electrons. The number of fused-ring (bicyclic) bond motifs is 1. The highest BCUT2D eigenvalue weighted by Gasteiger charge is 2.36. The maximum atomic E-state index is 14.0. The van der Waals surface area contributed by atoms with Gasteiger partial charge in [-0.1, -0.05) is 42.7 Å². The number of nitrogens with zero attached hydrogens (tertiary/aromatic N) is 3. The number of hydrogen-bond acceptors (Lipinski definition) is 5. The van der Waals surface area contributed by atoms with Crippen molar-refractivity contribution in [2.24, 2.45) is 0 Å². The maximum absolute atomic E-state index is 14.0. The minimum absolute atomic E-state index is 0.128. The van der Waals surface area contributed by atoms with E-state index in [0.29, 0.717) is 18.8 Å². The van der Waals surface area contributed by atoms with Crippen LogP contribution in [0.2, 0.25) is 0 Å². The quantitative estimate of drug-likeness (QED) is 0.436. The molecule has 11 heteroatoms. The molecule has 5 rings (SSSR count). The number of alkyl halides is 2. The zero-order valence-corrected chi connectivity index (χ0v) is 21.9. The number of nitrogens with one attached hydrogen (secondary N) is 2. The second-order valence-corrected chi connectivity index (χ2v) is 11.8. The number of rotatable bonds is 6. The van der Waals surface area contributed by atoms with Crippen molar-refractivity contribution >= 4 is 27.4 Å². The third-order valence-corrected chi connectivity index (χ3v) is 9.14. The number of carbonyl (C=O) groups is 1. The molecule has 2 atom stereocenters. The lowest BCUT2D eigenvalue weighted by molar-refractivity contribution is 0.0657. The van der Waals surface area contributed by atoms with Crippen LogP contribution in [-0.4, -0.2) is 47.9 Å². The molecule has 1 aromatic heterocycles. The van der Waals surface area contributed by atoms with E-state index in [4.69, 9.17) is 0 Å². The van der Waals surface area contributed by atoms with E-state index in [9.17, 15) is 22.0 Å². The summed E-state index contributed by atoms with van der Waals surface area (Å²) in [5, 5.41) is 10.1. The van der Waals surface area contributed by atoms with Gasteiger partial charge in [0.15, 0.2) is 0 Å². The van der Waals surface area contributed by atoms with E-state index in [1.807, 2.05) is 31.2 Å². The Morgan fingerprint density at radius 2 is 1.68 bits per heavy atom. The third kappa shape index (κ3) is 5.30. The molecule has 0 unspecified atom stereocenters. The van der Waals surface area contributed by atoms with Crippen LogP contribution in [0.25, 0.3) is 0 Å². The first-order valence-corrected chi connectivity index (χ1v) is 14.3. The summed E-state index contributed by atoms with van der Waals surface area (Å²) in [5.74, 6) is -0.301. The Bertz CT molecular complexity index is 1380. The summed E-state index contributed by atoms with van der Waals surface area (Å²) in [7, 11) is -3.61. The Morgan fingerprint density at radius 3 is 2.32 bits per heavy atom. The first-order valence-electron chi connectivity index (χ1n) is 12.8. The topological polar surface area (TPSA) is 96.3 Å². The van der Waals surface area contributed by atoms with E-state index in [-0.39, 0.29) is 22.7 Å². The Kier molecular flexibility index (Phi) is 7.49. The van der Waals surface area contributed by atoms with Gasteiger partial charge in [-0.05, 0) is 56.0 Å². The molecule has 2 N–H and O–H groups in total. The van der Waals surface area contributed by atoms with Gasteiger partial charge in [0.2, 0.25) is 10.0 Å². The molecule has 202 valence electrons. The molecule has 0 aliphatic carbocycles. The summed E-state index contributed by atoms with van der Waals surface area (Å²) in [6.07, 6.45) is 2.48.